The topological polar surface area (TPSA) is 84.7 Å². The van der Waals surface area contributed by atoms with Crippen molar-refractivity contribution in [3.8, 4) is 0 Å². The van der Waals surface area contributed by atoms with E-state index in [1.165, 1.54) is 9.21 Å². The molecule has 3 rings (SSSR count). The van der Waals surface area contributed by atoms with E-state index in [2.05, 4.69) is 5.10 Å². The number of benzene rings is 1. The zero-order valence-electron chi connectivity index (χ0n) is 16.6. The Morgan fingerprint density at radius 3 is 2.57 bits per heavy atom. The molecule has 0 radical (unpaired) electrons. The molecule has 8 nitrogen and oxygen atoms in total. The van der Waals surface area contributed by atoms with Gasteiger partial charge in [0, 0.05) is 26.8 Å². The molecule has 9 heteroatoms. The van der Waals surface area contributed by atoms with Crippen molar-refractivity contribution in [2.24, 2.45) is 0 Å². The third-order valence-corrected chi connectivity index (χ3v) is 6.51. The monoisotopic (exact) mass is 406 g/mol. The molecule has 2 aromatic rings. The van der Waals surface area contributed by atoms with Crippen molar-refractivity contribution in [1.29, 1.82) is 0 Å². The van der Waals surface area contributed by atoms with Crippen LogP contribution < -0.4 is 0 Å². The number of rotatable bonds is 6. The highest BCUT2D eigenvalue weighted by molar-refractivity contribution is 7.89. The molecule has 1 atom stereocenters. The van der Waals surface area contributed by atoms with Crippen LogP contribution in [-0.4, -0.2) is 67.2 Å². The van der Waals surface area contributed by atoms with Gasteiger partial charge in [-0.1, -0.05) is 6.07 Å². The van der Waals surface area contributed by atoms with Gasteiger partial charge in [0.1, 0.15) is 6.61 Å². The van der Waals surface area contributed by atoms with Crippen molar-refractivity contribution >= 4 is 15.9 Å². The maximum Gasteiger partial charge on any atom is 0.248 e. The summed E-state index contributed by atoms with van der Waals surface area (Å²) in [5.41, 5.74) is 2.61. The highest BCUT2D eigenvalue weighted by Crippen LogP contribution is 2.27. The zero-order valence-corrected chi connectivity index (χ0v) is 17.4. The van der Waals surface area contributed by atoms with Crippen LogP contribution in [-0.2, 0) is 26.1 Å². The number of hydrogen-bond donors (Lipinski definition) is 0. The largest absolute Gasteiger partial charge is 0.369 e. The van der Waals surface area contributed by atoms with Gasteiger partial charge in [-0.3, -0.25) is 9.48 Å². The molecule has 0 unspecified atom stereocenters. The van der Waals surface area contributed by atoms with Crippen molar-refractivity contribution < 1.29 is 17.9 Å². The number of aromatic nitrogens is 2. The van der Waals surface area contributed by atoms with E-state index in [4.69, 9.17) is 4.74 Å². The first-order valence-electron chi connectivity index (χ1n) is 9.07. The quantitative estimate of drug-likeness (QED) is 0.723. The number of nitrogens with zero attached hydrogens (tertiary/aromatic N) is 4. The molecule has 1 aromatic carbocycles. The summed E-state index contributed by atoms with van der Waals surface area (Å²) in [6, 6.07) is 6.84. The Balaban J connectivity index is 1.81. The van der Waals surface area contributed by atoms with Crippen LogP contribution in [0.2, 0.25) is 0 Å². The van der Waals surface area contributed by atoms with Gasteiger partial charge in [0.25, 0.3) is 0 Å². The Kier molecular flexibility index (Phi) is 5.87. The molecular formula is C19H26N4O4S. The van der Waals surface area contributed by atoms with E-state index in [0.717, 1.165) is 16.8 Å². The summed E-state index contributed by atoms with van der Waals surface area (Å²) >= 11 is 0. The van der Waals surface area contributed by atoms with Gasteiger partial charge in [-0.05, 0) is 43.2 Å². The maximum atomic E-state index is 13.2. The van der Waals surface area contributed by atoms with Crippen molar-refractivity contribution in [2.45, 2.75) is 31.3 Å². The van der Waals surface area contributed by atoms with Crippen LogP contribution in [0.3, 0.4) is 0 Å². The fourth-order valence-corrected chi connectivity index (χ4v) is 4.94. The summed E-state index contributed by atoms with van der Waals surface area (Å²) in [5.74, 6) is -0.142. The van der Waals surface area contributed by atoms with Crippen molar-refractivity contribution in [1.82, 2.24) is 19.0 Å². The zero-order chi connectivity index (χ0) is 20.5. The SMILES string of the molecule is Cc1cc(C)cc(S(=O)(=O)N2Cc3ccnn3[C@@H](COCC(=O)N(C)C)C2)c1. The van der Waals surface area contributed by atoms with E-state index in [1.54, 1.807) is 43.2 Å². The van der Waals surface area contributed by atoms with Crippen LogP contribution in [0, 0.1) is 13.8 Å². The van der Waals surface area contributed by atoms with Crippen molar-refractivity contribution in [2.75, 3.05) is 33.9 Å². The number of ether oxygens (including phenoxy) is 1. The summed E-state index contributed by atoms with van der Waals surface area (Å²) in [5, 5.41) is 4.31. The molecule has 152 valence electrons. The molecule has 0 N–H and O–H groups in total. The number of carbonyl (C=O) groups is 1. The van der Waals surface area contributed by atoms with E-state index in [-0.39, 0.29) is 38.3 Å². The van der Waals surface area contributed by atoms with Gasteiger partial charge in [0.2, 0.25) is 15.9 Å². The molecule has 0 spiro atoms. The van der Waals surface area contributed by atoms with E-state index >= 15 is 0 Å². The van der Waals surface area contributed by atoms with Gasteiger partial charge in [-0.25, -0.2) is 8.42 Å². The molecule has 1 aromatic heterocycles. The van der Waals surface area contributed by atoms with E-state index in [0.29, 0.717) is 4.90 Å². The highest BCUT2D eigenvalue weighted by atomic mass is 32.2. The van der Waals surface area contributed by atoms with Gasteiger partial charge >= 0.3 is 0 Å². The van der Waals surface area contributed by atoms with E-state index < -0.39 is 10.0 Å². The minimum Gasteiger partial charge on any atom is -0.369 e. The lowest BCUT2D eigenvalue weighted by Crippen LogP contribution is -2.43. The van der Waals surface area contributed by atoms with Gasteiger partial charge in [0.15, 0.2) is 0 Å². The number of fused-ring (bicyclic) bond motifs is 1. The second kappa shape index (κ2) is 8.02. The summed E-state index contributed by atoms with van der Waals surface area (Å²) in [7, 11) is -0.328. The maximum absolute atomic E-state index is 13.2. The van der Waals surface area contributed by atoms with Crippen LogP contribution in [0.25, 0.3) is 0 Å². The van der Waals surface area contributed by atoms with Crippen molar-refractivity contribution in [3.63, 3.8) is 0 Å². The number of aryl methyl sites for hydroxylation is 2. The third kappa shape index (κ3) is 4.26. The Hall–Kier alpha value is -2.23. The molecular weight excluding hydrogens is 380 g/mol. The molecule has 28 heavy (non-hydrogen) atoms. The number of sulfonamides is 1. The normalized spacial score (nSPS) is 17.4. The number of likely N-dealkylation sites (N-methyl/N-ethyl adjacent to an activating group) is 1. The van der Waals surface area contributed by atoms with Gasteiger partial charge < -0.3 is 9.64 Å². The van der Waals surface area contributed by atoms with Gasteiger partial charge in [-0.2, -0.15) is 9.40 Å². The number of hydrogen-bond acceptors (Lipinski definition) is 5. The van der Waals surface area contributed by atoms with Crippen LogP contribution in [0.5, 0.6) is 0 Å². The Bertz CT molecular complexity index is 948. The molecule has 1 aliphatic rings. The van der Waals surface area contributed by atoms with Crippen LogP contribution in [0.15, 0.2) is 35.4 Å². The fourth-order valence-electron chi connectivity index (χ4n) is 3.30. The first-order chi connectivity index (χ1) is 13.2. The lowest BCUT2D eigenvalue weighted by molar-refractivity contribution is -0.134. The smallest absolute Gasteiger partial charge is 0.248 e. The number of amides is 1. The molecule has 0 aliphatic carbocycles. The van der Waals surface area contributed by atoms with E-state index in [1.807, 2.05) is 19.9 Å². The van der Waals surface area contributed by atoms with E-state index in [9.17, 15) is 13.2 Å². The minimum absolute atomic E-state index is 0.0517. The molecule has 0 fully saturated rings. The molecule has 0 saturated heterocycles. The average Bonchev–Trinajstić information content (AvgIpc) is 3.09. The van der Waals surface area contributed by atoms with Crippen LogP contribution in [0.1, 0.15) is 22.9 Å². The van der Waals surface area contributed by atoms with Crippen molar-refractivity contribution in [3.05, 3.63) is 47.3 Å². The summed E-state index contributed by atoms with van der Waals surface area (Å²) < 4.78 is 35.3. The molecule has 0 bridgehead atoms. The van der Waals surface area contributed by atoms with Gasteiger partial charge in [0.05, 0.1) is 29.8 Å². The summed E-state index contributed by atoms with van der Waals surface area (Å²) in [4.78, 5) is 13.5. The lowest BCUT2D eigenvalue weighted by atomic mass is 10.2. The predicted molar refractivity (Wildman–Crippen MR) is 104 cm³/mol. The fraction of sp³-hybridized carbons (Fsp3) is 0.474. The Labute approximate surface area is 165 Å². The second-order valence-electron chi connectivity index (χ2n) is 7.35. The lowest BCUT2D eigenvalue weighted by Gasteiger charge is -2.33. The predicted octanol–water partition coefficient (Wildman–Crippen LogP) is 1.35. The van der Waals surface area contributed by atoms with Crippen LogP contribution >= 0.6 is 0 Å². The number of carbonyl (C=O) groups excluding carboxylic acids is 1. The third-order valence-electron chi connectivity index (χ3n) is 4.72. The first-order valence-corrected chi connectivity index (χ1v) is 10.5. The summed E-state index contributed by atoms with van der Waals surface area (Å²) in [6.07, 6.45) is 1.65. The standard InChI is InChI=1S/C19H26N4O4S/c1-14-7-15(2)9-18(8-14)28(25,26)22-10-16-5-6-20-23(16)17(11-22)12-27-13-19(24)21(3)4/h5-9,17H,10-13H2,1-4H3/t17-/m1/s1. The molecule has 0 saturated carbocycles. The Morgan fingerprint density at radius 2 is 1.93 bits per heavy atom. The Morgan fingerprint density at radius 1 is 1.25 bits per heavy atom. The average molecular weight is 407 g/mol. The second-order valence-corrected chi connectivity index (χ2v) is 9.28. The minimum atomic E-state index is -3.65. The summed E-state index contributed by atoms with van der Waals surface area (Å²) in [6.45, 7) is 4.41. The first kappa shape index (κ1) is 20.5. The van der Waals surface area contributed by atoms with Crippen LogP contribution in [0.4, 0.5) is 0 Å². The highest BCUT2D eigenvalue weighted by Gasteiger charge is 2.34. The molecule has 1 aliphatic heterocycles. The molecule has 2 heterocycles. The molecule has 1 amide bonds. The van der Waals surface area contributed by atoms with Gasteiger partial charge in [-0.15, -0.1) is 0 Å².